The van der Waals surface area contributed by atoms with Crippen LogP contribution in [-0.2, 0) is 41.4 Å². The Hall–Kier alpha value is -7.14. The highest BCUT2D eigenvalue weighted by Gasteiger charge is 2.34. The number of benzene rings is 6. The summed E-state index contributed by atoms with van der Waals surface area (Å²) in [5, 5.41) is 14.7. The van der Waals surface area contributed by atoms with Crippen molar-refractivity contribution in [3.8, 4) is 0 Å². The van der Waals surface area contributed by atoms with Gasteiger partial charge in [-0.2, -0.15) is 0 Å². The molecule has 64 heavy (non-hydrogen) atoms. The van der Waals surface area contributed by atoms with Crippen molar-refractivity contribution in [1.82, 2.24) is 0 Å². The summed E-state index contributed by atoms with van der Waals surface area (Å²) < 4.78 is 22.7. The van der Waals surface area contributed by atoms with Gasteiger partial charge in [-0.1, -0.05) is 120 Å². The third-order valence-electron chi connectivity index (χ3n) is 9.93. The van der Waals surface area contributed by atoms with E-state index in [0.717, 1.165) is 33.6 Å². The summed E-state index contributed by atoms with van der Waals surface area (Å²) >= 11 is 12.1. The molecule has 0 saturated carbocycles. The van der Waals surface area contributed by atoms with E-state index < -0.39 is 11.9 Å². The van der Waals surface area contributed by atoms with E-state index in [9.17, 15) is 9.59 Å². The molecule has 12 heteroatoms. The smallest absolute Gasteiger partial charge is 0.334 e. The van der Waals surface area contributed by atoms with Gasteiger partial charge in [0.25, 0.3) is 0 Å². The van der Waals surface area contributed by atoms with Gasteiger partial charge in [0.2, 0.25) is 11.8 Å². The summed E-state index contributed by atoms with van der Waals surface area (Å²) in [5.41, 5.74) is 5.48. The highest BCUT2D eigenvalue weighted by Crippen LogP contribution is 2.32. The molecule has 0 radical (unpaired) electrons. The zero-order chi connectivity index (χ0) is 44.7. The lowest BCUT2D eigenvalue weighted by atomic mass is 10.0. The number of hydrogen-bond acceptors (Lipinski definition) is 10. The zero-order valence-electron chi connectivity index (χ0n) is 35.3. The molecule has 6 aromatic carbocycles. The Morgan fingerprint density at radius 1 is 0.516 bits per heavy atom. The average Bonchev–Trinajstić information content (AvgIpc) is 3.32. The second kappa shape index (κ2) is 22.3. The Balaban J connectivity index is 0.000000191. The number of ether oxygens (including phenoxy) is 4. The number of nitrogens with zero attached hydrogens (tertiary/aromatic N) is 4. The molecule has 0 saturated heterocycles. The molecule has 2 heterocycles. The highest BCUT2D eigenvalue weighted by atomic mass is 35.5. The minimum absolute atomic E-state index is 0.284. The van der Waals surface area contributed by atoms with Gasteiger partial charge in [0.15, 0.2) is 0 Å². The maximum atomic E-state index is 12.4. The van der Waals surface area contributed by atoms with Crippen molar-refractivity contribution in [3.05, 3.63) is 226 Å². The maximum Gasteiger partial charge on any atom is 0.334 e. The zero-order valence-corrected chi connectivity index (χ0v) is 36.8. The van der Waals surface area contributed by atoms with Crippen LogP contribution in [0.1, 0.15) is 36.1 Å². The van der Waals surface area contributed by atoms with Crippen molar-refractivity contribution in [2.24, 2.45) is 10.2 Å². The van der Waals surface area contributed by atoms with E-state index in [1.54, 1.807) is 38.1 Å². The minimum Gasteiger partial charge on any atom is -0.463 e. The molecule has 2 atom stereocenters. The second-order valence-electron chi connectivity index (χ2n) is 14.4. The largest absolute Gasteiger partial charge is 0.463 e. The van der Waals surface area contributed by atoms with Crippen molar-refractivity contribution >= 4 is 58.3 Å². The van der Waals surface area contributed by atoms with Gasteiger partial charge >= 0.3 is 11.9 Å². The lowest BCUT2D eigenvalue weighted by Crippen LogP contribution is -2.41. The number of carbonyl (C=O) groups is 2. The quantitative estimate of drug-likeness (QED) is 0.0884. The molecule has 10 nitrogen and oxygen atoms in total. The Morgan fingerprint density at radius 2 is 0.844 bits per heavy atom. The number of hydrogen-bond donors (Lipinski definition) is 0. The van der Waals surface area contributed by atoms with E-state index >= 15 is 0 Å². The van der Waals surface area contributed by atoms with Gasteiger partial charge < -0.3 is 18.9 Å². The molecule has 0 aromatic heterocycles. The number of para-hydroxylation sites is 2. The number of carbonyl (C=O) groups excluding carboxylic acids is 2. The first-order valence-electron chi connectivity index (χ1n) is 20.9. The Morgan fingerprint density at radius 3 is 1.17 bits per heavy atom. The number of hydrazone groups is 2. The van der Waals surface area contributed by atoms with Gasteiger partial charge in [0, 0.05) is 34.0 Å². The summed E-state index contributed by atoms with van der Waals surface area (Å²) in [7, 11) is 0. The molecular formula is C52H46Cl2N4O6. The standard InChI is InChI=1S/2C26H23ClN2O3/c2*1-2-31-25(30)18-24-23(17-19-9-5-3-6-10-19)29(22-11-7-4-8-12-22)28-26(32-24)20-13-15-21(27)16-14-20/h2*3-16,18,23H,2,17H2,1H3/b2*24-18-/t2*23-/m10/s1. The Kier molecular flexibility index (Phi) is 15.6. The fraction of sp³-hybridized carbons (Fsp3) is 0.154. The molecule has 0 bridgehead atoms. The van der Waals surface area contributed by atoms with Crippen LogP contribution in [0.15, 0.2) is 204 Å². The van der Waals surface area contributed by atoms with Crippen LogP contribution in [0.25, 0.3) is 0 Å². The van der Waals surface area contributed by atoms with Crippen LogP contribution >= 0.6 is 23.2 Å². The molecule has 0 N–H and O–H groups in total. The molecule has 0 fully saturated rings. The molecule has 2 aliphatic heterocycles. The van der Waals surface area contributed by atoms with Crippen molar-refractivity contribution in [1.29, 1.82) is 0 Å². The van der Waals surface area contributed by atoms with Crippen LogP contribution in [0.4, 0.5) is 11.4 Å². The maximum absolute atomic E-state index is 12.4. The Bertz CT molecular complexity index is 2410. The molecule has 8 rings (SSSR count). The SMILES string of the molecule is CCOC(=O)/C=C1\OC(c2ccc(Cl)cc2)=NN(c2ccccc2)[C@@H]1Cc1ccccc1.CCOC(=O)/C=C1\OC(c2ccc(Cl)cc2)=NN(c2ccccc2)[C@H]1Cc1ccccc1. The third kappa shape index (κ3) is 12.1. The van der Waals surface area contributed by atoms with Gasteiger partial charge in [-0.05, 0) is 97.8 Å². The van der Waals surface area contributed by atoms with E-state index in [4.69, 9.17) is 52.4 Å². The second-order valence-corrected chi connectivity index (χ2v) is 15.3. The molecule has 324 valence electrons. The van der Waals surface area contributed by atoms with Crippen LogP contribution in [0.5, 0.6) is 0 Å². The van der Waals surface area contributed by atoms with Gasteiger partial charge in [0.1, 0.15) is 23.6 Å². The van der Waals surface area contributed by atoms with Crippen molar-refractivity contribution in [2.45, 2.75) is 38.8 Å². The van der Waals surface area contributed by atoms with Crippen molar-refractivity contribution < 1.29 is 28.5 Å². The van der Waals surface area contributed by atoms with Gasteiger partial charge in [-0.15, -0.1) is 10.2 Å². The van der Waals surface area contributed by atoms with Crippen LogP contribution in [0.2, 0.25) is 10.0 Å². The monoisotopic (exact) mass is 892 g/mol. The van der Waals surface area contributed by atoms with Crippen LogP contribution in [0.3, 0.4) is 0 Å². The molecule has 0 spiro atoms. The molecular weight excluding hydrogens is 847 g/mol. The third-order valence-corrected chi connectivity index (χ3v) is 10.4. The van der Waals surface area contributed by atoms with Crippen LogP contribution in [0, 0.1) is 0 Å². The molecule has 6 aromatic rings. The van der Waals surface area contributed by atoms with E-state index in [1.807, 2.05) is 156 Å². The number of halogens is 2. The Labute approximate surface area is 383 Å². The van der Waals surface area contributed by atoms with Crippen molar-refractivity contribution in [2.75, 3.05) is 23.2 Å². The van der Waals surface area contributed by atoms with Gasteiger partial charge in [-0.25, -0.2) is 9.59 Å². The van der Waals surface area contributed by atoms with Gasteiger partial charge in [-0.3, -0.25) is 10.0 Å². The first kappa shape index (κ1) is 44.9. The minimum atomic E-state index is -0.453. The summed E-state index contributed by atoms with van der Waals surface area (Å²) in [6, 6.07) is 53.5. The lowest BCUT2D eigenvalue weighted by molar-refractivity contribution is -0.138. The van der Waals surface area contributed by atoms with E-state index in [-0.39, 0.29) is 25.3 Å². The van der Waals surface area contributed by atoms with E-state index in [1.165, 1.54) is 12.2 Å². The number of anilines is 2. The van der Waals surface area contributed by atoms with Crippen LogP contribution < -0.4 is 10.0 Å². The van der Waals surface area contributed by atoms with E-state index in [0.29, 0.717) is 46.2 Å². The summed E-state index contributed by atoms with van der Waals surface area (Å²) in [6.45, 7) is 4.12. The lowest BCUT2D eigenvalue weighted by Gasteiger charge is -2.35. The predicted molar refractivity (Wildman–Crippen MR) is 253 cm³/mol. The van der Waals surface area contributed by atoms with E-state index in [2.05, 4.69) is 0 Å². The average molecular weight is 894 g/mol. The van der Waals surface area contributed by atoms with Crippen molar-refractivity contribution in [3.63, 3.8) is 0 Å². The molecule has 0 unspecified atom stereocenters. The predicted octanol–water partition coefficient (Wildman–Crippen LogP) is 11.2. The molecule has 0 aliphatic carbocycles. The number of rotatable bonds is 12. The topological polar surface area (TPSA) is 102 Å². The van der Waals surface area contributed by atoms with Gasteiger partial charge in [0.05, 0.1) is 36.7 Å². The normalized spacial score (nSPS) is 16.9. The molecule has 0 amide bonds. The first-order chi connectivity index (χ1) is 31.3. The van der Waals surface area contributed by atoms with Crippen LogP contribution in [-0.4, -0.2) is 49.0 Å². The first-order valence-corrected chi connectivity index (χ1v) is 21.6. The summed E-state index contributed by atoms with van der Waals surface area (Å²) in [5.74, 6) is 0.792. The fourth-order valence-corrected chi connectivity index (χ4v) is 7.18. The summed E-state index contributed by atoms with van der Waals surface area (Å²) in [6.07, 6.45) is 4.02. The number of esters is 2. The molecule has 2 aliphatic rings. The fourth-order valence-electron chi connectivity index (χ4n) is 6.93. The summed E-state index contributed by atoms with van der Waals surface area (Å²) in [4.78, 5) is 24.8. The highest BCUT2D eigenvalue weighted by molar-refractivity contribution is 6.31.